The fraction of sp³-hybridized carbons (Fsp3) is 0.105. The average Bonchev–Trinajstić information content (AvgIpc) is 2.95. The number of nitrogens with two attached hydrogens (primary N) is 1. The van der Waals surface area contributed by atoms with E-state index < -0.39 is 23.1 Å². The number of nitrogens with zero attached hydrogens (tertiary/aromatic N) is 1. The van der Waals surface area contributed by atoms with Gasteiger partial charge in [0.05, 0.1) is 10.9 Å². The van der Waals surface area contributed by atoms with Gasteiger partial charge in [0.25, 0.3) is 5.91 Å². The molecule has 2 N–H and O–H groups in total. The van der Waals surface area contributed by atoms with Gasteiger partial charge in [-0.05, 0) is 47.9 Å². The van der Waals surface area contributed by atoms with Crippen molar-refractivity contribution < 1.29 is 83.7 Å². The van der Waals surface area contributed by atoms with Crippen LogP contribution in [0.2, 0.25) is 0 Å². The van der Waals surface area contributed by atoms with Gasteiger partial charge in [0, 0.05) is 11.3 Å². The molecule has 10 heteroatoms. The number of amides is 1. The summed E-state index contributed by atoms with van der Waals surface area (Å²) in [5, 5.41) is 21.3. The zero-order chi connectivity index (χ0) is 19.4. The average molecular weight is 428 g/mol. The minimum Gasteiger partial charge on any atom is -0.853 e. The Balaban J connectivity index is 0.00000210. The number of hydrogen-bond acceptors (Lipinski definition) is 7. The van der Waals surface area contributed by atoms with E-state index in [2.05, 4.69) is 4.99 Å². The van der Waals surface area contributed by atoms with Crippen LogP contribution in [0.1, 0.15) is 11.1 Å². The van der Waals surface area contributed by atoms with E-state index in [1.54, 1.807) is 54.6 Å². The first-order chi connectivity index (χ1) is 12.9. The minimum absolute atomic E-state index is 0. The zero-order valence-electron chi connectivity index (χ0n) is 16.0. The molecule has 0 aromatic heterocycles. The van der Waals surface area contributed by atoms with Crippen molar-refractivity contribution in [1.82, 2.24) is 0 Å². The van der Waals surface area contributed by atoms with E-state index in [4.69, 9.17) is 10.5 Å². The quantitative estimate of drug-likeness (QED) is 0.359. The Hall–Kier alpha value is -1.10. The van der Waals surface area contributed by atoms with Crippen molar-refractivity contribution in [2.45, 2.75) is 12.5 Å². The van der Waals surface area contributed by atoms with Gasteiger partial charge in [-0.3, -0.25) is 4.79 Å². The number of hydrogen-bond donors (Lipinski definition) is 1. The van der Waals surface area contributed by atoms with E-state index in [1.807, 2.05) is 0 Å². The molecule has 0 unspecified atom stereocenters. The van der Waals surface area contributed by atoms with Gasteiger partial charge in [-0.15, -0.1) is 0 Å². The summed E-state index contributed by atoms with van der Waals surface area (Å²) in [5.74, 6) is -0.648. The van der Waals surface area contributed by atoms with E-state index in [9.17, 15) is 19.8 Å². The summed E-state index contributed by atoms with van der Waals surface area (Å²) in [6, 6.07) is 12.8. The maximum atomic E-state index is 11.5. The summed E-state index contributed by atoms with van der Waals surface area (Å²) >= 11 is 0.808. The Morgan fingerprint density at radius 3 is 2.14 bits per heavy atom. The van der Waals surface area contributed by atoms with Gasteiger partial charge >= 0.3 is 59.1 Å². The molecule has 0 fully saturated rings. The number of benzene rings is 2. The van der Waals surface area contributed by atoms with Crippen molar-refractivity contribution >= 4 is 34.9 Å². The third kappa shape index (κ3) is 7.58. The Morgan fingerprint density at radius 1 is 1.10 bits per heavy atom. The number of aliphatic imine (C=N–C) groups is 1. The largest absolute Gasteiger partial charge is 1.00 e. The molecule has 29 heavy (non-hydrogen) atoms. The van der Waals surface area contributed by atoms with Gasteiger partial charge in [-0.25, -0.2) is 4.99 Å². The molecule has 138 valence electrons. The van der Waals surface area contributed by atoms with Crippen LogP contribution in [0.4, 0.5) is 0 Å². The molecule has 1 aliphatic rings. The van der Waals surface area contributed by atoms with Crippen molar-refractivity contribution in [3.8, 4) is 11.5 Å². The second-order valence-electron chi connectivity index (χ2n) is 5.74. The number of thioether (sulfide) groups is 1. The molecular formula is C19H14N2Na2O5S. The van der Waals surface area contributed by atoms with Crippen LogP contribution >= 0.6 is 11.8 Å². The second kappa shape index (κ2) is 11.9. The zero-order valence-corrected chi connectivity index (χ0v) is 20.8. The van der Waals surface area contributed by atoms with Gasteiger partial charge in [0.1, 0.15) is 11.5 Å². The van der Waals surface area contributed by atoms with Crippen LogP contribution in [0, 0.1) is 0 Å². The topological polar surface area (TPSA) is 128 Å². The van der Waals surface area contributed by atoms with Gasteiger partial charge in [0.15, 0.2) is 0 Å². The first-order valence-corrected chi connectivity index (χ1v) is 8.75. The molecule has 0 bridgehead atoms. The van der Waals surface area contributed by atoms with Crippen LogP contribution in [-0.4, -0.2) is 23.1 Å². The summed E-state index contributed by atoms with van der Waals surface area (Å²) in [6.07, 6.45) is 1.78. The number of ether oxygens (including phenoxy) is 1. The summed E-state index contributed by atoms with van der Waals surface area (Å²) in [7, 11) is 0. The van der Waals surface area contributed by atoms with Crippen molar-refractivity contribution in [1.29, 1.82) is 0 Å². The van der Waals surface area contributed by atoms with Gasteiger partial charge in [-0.1, -0.05) is 36.0 Å². The third-order valence-corrected chi connectivity index (χ3v) is 4.47. The first-order valence-electron chi connectivity index (χ1n) is 7.93. The summed E-state index contributed by atoms with van der Waals surface area (Å²) in [6.45, 7) is 0. The van der Waals surface area contributed by atoms with E-state index >= 15 is 0 Å². The number of carboxylic acid groups (broad SMARTS) is 1. The van der Waals surface area contributed by atoms with Gasteiger partial charge in [0.2, 0.25) is 0 Å². The standard InChI is InChI=1S/C19H16N2O5S.2Na/c20-15(18(23)24)9-11-1-5-13(6-2-11)26-14-7-3-12(4-8-14)10-16-17(22)21-19(25)27-16;;/h1-8,10,15H,9,20H2,(H,23,24)(H,21,22,25);;/q;2*+1/p-2/b16-10+;;/t15-;;/m0../s1. The van der Waals surface area contributed by atoms with Crippen LogP contribution < -0.4 is 79.8 Å². The molecule has 7 nitrogen and oxygen atoms in total. The number of carbonyl (C=O) groups excluding carboxylic acids is 2. The van der Waals surface area contributed by atoms with Crippen LogP contribution in [0.25, 0.3) is 6.08 Å². The summed E-state index contributed by atoms with van der Waals surface area (Å²) in [5.41, 5.74) is 6.96. The maximum absolute atomic E-state index is 11.5. The number of rotatable bonds is 6. The fourth-order valence-corrected chi connectivity index (χ4v) is 2.98. The Labute approximate surface area is 216 Å². The van der Waals surface area contributed by atoms with Gasteiger partial charge < -0.3 is 25.5 Å². The summed E-state index contributed by atoms with van der Waals surface area (Å²) < 4.78 is 5.72. The molecule has 1 heterocycles. The van der Waals surface area contributed by atoms with Crippen molar-refractivity contribution in [2.75, 3.05) is 0 Å². The molecule has 0 radical (unpaired) electrons. The Kier molecular flexibility index (Phi) is 10.7. The van der Waals surface area contributed by atoms with Crippen LogP contribution in [0.3, 0.4) is 0 Å². The van der Waals surface area contributed by atoms with Crippen LogP contribution in [0.15, 0.2) is 58.4 Å². The molecule has 1 aliphatic heterocycles. The maximum Gasteiger partial charge on any atom is 1.00 e. The number of aliphatic carboxylic acids is 1. The molecule has 1 amide bonds. The molecule has 0 aliphatic carbocycles. The normalized spacial score (nSPS) is 15.1. The van der Waals surface area contributed by atoms with E-state index in [0.29, 0.717) is 16.4 Å². The molecule has 0 saturated heterocycles. The van der Waals surface area contributed by atoms with Crippen molar-refractivity contribution in [3.05, 3.63) is 64.6 Å². The molecular weight excluding hydrogens is 414 g/mol. The Morgan fingerprint density at radius 2 is 1.66 bits per heavy atom. The molecule has 2 aromatic carbocycles. The van der Waals surface area contributed by atoms with Crippen molar-refractivity contribution in [3.63, 3.8) is 0 Å². The molecule has 2 aromatic rings. The number of carbonyl (C=O) groups is 2. The smallest absolute Gasteiger partial charge is 0.853 e. The SMILES string of the molecule is N[C@@H](Cc1ccc(Oc2ccc(/C=C3/SC([O-])=NC3=O)cc2)cc1)C(=O)[O-].[Na+].[Na+]. The molecule has 1 atom stereocenters. The molecule has 0 saturated carbocycles. The number of carboxylic acids is 1. The molecule has 0 spiro atoms. The first kappa shape index (κ1) is 25.9. The summed E-state index contributed by atoms with van der Waals surface area (Å²) in [4.78, 5) is 25.8. The minimum atomic E-state index is -1.29. The predicted molar refractivity (Wildman–Crippen MR) is 97.7 cm³/mol. The van der Waals surface area contributed by atoms with Crippen LogP contribution in [-0.2, 0) is 16.0 Å². The van der Waals surface area contributed by atoms with Crippen molar-refractivity contribution in [2.24, 2.45) is 10.7 Å². The monoisotopic (exact) mass is 428 g/mol. The van der Waals surface area contributed by atoms with E-state index in [0.717, 1.165) is 22.9 Å². The van der Waals surface area contributed by atoms with Crippen LogP contribution in [0.5, 0.6) is 11.5 Å². The molecule has 3 rings (SSSR count). The fourth-order valence-electron chi connectivity index (χ4n) is 2.34. The third-order valence-electron chi connectivity index (χ3n) is 3.70. The predicted octanol–water partition coefficient (Wildman–Crippen LogP) is -5.56. The Bertz CT molecular complexity index is 931. The second-order valence-corrected chi connectivity index (χ2v) is 6.73. The van der Waals surface area contributed by atoms with E-state index in [-0.39, 0.29) is 65.5 Å². The van der Waals surface area contributed by atoms with E-state index in [1.165, 1.54) is 0 Å². The van der Waals surface area contributed by atoms with Gasteiger partial charge in [-0.2, -0.15) is 0 Å².